The zero-order chi connectivity index (χ0) is 14.3. The van der Waals surface area contributed by atoms with Gasteiger partial charge in [-0.3, -0.25) is 10.0 Å². The molecule has 0 radical (unpaired) electrons. The maximum atomic E-state index is 11.7. The molecule has 1 atom stereocenters. The second kappa shape index (κ2) is 4.90. The van der Waals surface area contributed by atoms with Gasteiger partial charge in [0.2, 0.25) is 0 Å². The predicted molar refractivity (Wildman–Crippen MR) is 77.8 cm³/mol. The Morgan fingerprint density at radius 1 is 1.25 bits per heavy atom. The van der Waals surface area contributed by atoms with Gasteiger partial charge in [0, 0.05) is 10.6 Å². The lowest BCUT2D eigenvalue weighted by Gasteiger charge is -2.28. The van der Waals surface area contributed by atoms with Crippen molar-refractivity contribution >= 4 is 23.2 Å². The molecule has 0 saturated carbocycles. The lowest BCUT2D eigenvalue weighted by Crippen LogP contribution is -2.47. The second-order valence-corrected chi connectivity index (χ2v) is 5.19. The van der Waals surface area contributed by atoms with Crippen LogP contribution in [0.15, 0.2) is 42.5 Å². The van der Waals surface area contributed by atoms with Gasteiger partial charge in [0.05, 0.1) is 11.7 Å². The molecule has 1 aliphatic rings. The molecule has 3 rings (SSSR count). The van der Waals surface area contributed by atoms with Gasteiger partial charge in [-0.15, -0.1) is 0 Å². The second-order valence-electron chi connectivity index (χ2n) is 4.78. The number of nitrogens with two attached hydrogens (primary N) is 1. The highest BCUT2D eigenvalue weighted by molar-refractivity contribution is 6.33. The molecule has 3 N–H and O–H groups in total. The van der Waals surface area contributed by atoms with Crippen LogP contribution in [0.4, 0.5) is 5.69 Å². The van der Waals surface area contributed by atoms with E-state index in [4.69, 9.17) is 17.3 Å². The van der Waals surface area contributed by atoms with Crippen LogP contribution < -0.4 is 10.8 Å². The van der Waals surface area contributed by atoms with Crippen molar-refractivity contribution < 1.29 is 10.0 Å². The molecule has 0 saturated heterocycles. The molecule has 0 fully saturated rings. The van der Waals surface area contributed by atoms with Crippen LogP contribution in [0.1, 0.15) is 5.56 Å². The van der Waals surface area contributed by atoms with E-state index in [-0.39, 0.29) is 0 Å². The minimum Gasteiger partial charge on any atom is -0.320 e. The Morgan fingerprint density at radius 3 is 2.75 bits per heavy atom. The fraction of sp³-hybridized carbons (Fsp3) is 0.133. The van der Waals surface area contributed by atoms with Crippen LogP contribution in [0, 0.1) is 0 Å². The minimum atomic E-state index is -0.696. The number of amides is 1. The summed E-state index contributed by atoms with van der Waals surface area (Å²) in [5, 5.41) is 11.2. The average molecular weight is 289 g/mol. The van der Waals surface area contributed by atoms with Gasteiger partial charge in [-0.05, 0) is 29.7 Å². The summed E-state index contributed by atoms with van der Waals surface area (Å²) in [6.07, 6.45) is 0.425. The number of fused-ring (bicyclic) bond motifs is 1. The average Bonchev–Trinajstić information content (AvgIpc) is 2.45. The summed E-state index contributed by atoms with van der Waals surface area (Å²) in [5.74, 6) is -0.492. The van der Waals surface area contributed by atoms with Gasteiger partial charge in [-0.1, -0.05) is 41.9 Å². The Labute approximate surface area is 121 Å². The topological polar surface area (TPSA) is 66.6 Å². The SMILES string of the molecule is NC1Cc2ccc(-c3ccccc3Cl)cc2N(O)C1=O. The lowest BCUT2D eigenvalue weighted by atomic mass is 9.95. The highest BCUT2D eigenvalue weighted by Crippen LogP contribution is 2.34. The van der Waals surface area contributed by atoms with E-state index >= 15 is 0 Å². The van der Waals surface area contributed by atoms with E-state index in [0.29, 0.717) is 22.2 Å². The summed E-state index contributed by atoms with van der Waals surface area (Å²) in [6.45, 7) is 0. The molecule has 0 aromatic heterocycles. The largest absolute Gasteiger partial charge is 0.320 e. The van der Waals surface area contributed by atoms with Crippen LogP contribution in [0.3, 0.4) is 0 Å². The highest BCUT2D eigenvalue weighted by atomic mass is 35.5. The first-order chi connectivity index (χ1) is 9.58. The van der Waals surface area contributed by atoms with Crippen molar-refractivity contribution in [1.82, 2.24) is 0 Å². The Hall–Kier alpha value is -1.88. The summed E-state index contributed by atoms with van der Waals surface area (Å²) in [6, 6.07) is 12.3. The number of benzene rings is 2. The molecule has 4 nitrogen and oxygen atoms in total. The van der Waals surface area contributed by atoms with Crippen LogP contribution in [0.2, 0.25) is 5.02 Å². The number of anilines is 1. The van der Waals surface area contributed by atoms with Crippen molar-refractivity contribution in [3.8, 4) is 11.1 Å². The molecule has 2 aromatic carbocycles. The fourth-order valence-electron chi connectivity index (χ4n) is 2.40. The molecule has 2 aromatic rings. The van der Waals surface area contributed by atoms with E-state index in [2.05, 4.69) is 0 Å². The van der Waals surface area contributed by atoms with Crippen molar-refractivity contribution in [1.29, 1.82) is 0 Å². The first-order valence-corrected chi connectivity index (χ1v) is 6.62. The molecule has 0 bridgehead atoms. The van der Waals surface area contributed by atoms with E-state index < -0.39 is 11.9 Å². The molecule has 1 aliphatic heterocycles. The normalized spacial score (nSPS) is 18.1. The number of halogens is 1. The number of rotatable bonds is 1. The van der Waals surface area contributed by atoms with Gasteiger partial charge < -0.3 is 5.73 Å². The molecule has 1 amide bonds. The zero-order valence-electron chi connectivity index (χ0n) is 10.6. The van der Waals surface area contributed by atoms with E-state index in [1.54, 1.807) is 12.1 Å². The molecule has 20 heavy (non-hydrogen) atoms. The Morgan fingerprint density at radius 2 is 2.00 bits per heavy atom. The van der Waals surface area contributed by atoms with Crippen LogP contribution in [-0.2, 0) is 11.2 Å². The number of hydrogen-bond acceptors (Lipinski definition) is 3. The third-order valence-corrected chi connectivity index (χ3v) is 3.79. The van der Waals surface area contributed by atoms with Crippen molar-refractivity contribution in [2.75, 3.05) is 5.06 Å². The van der Waals surface area contributed by atoms with Crippen LogP contribution in [-0.4, -0.2) is 17.2 Å². The monoisotopic (exact) mass is 288 g/mol. The lowest BCUT2D eigenvalue weighted by molar-refractivity contribution is -0.125. The van der Waals surface area contributed by atoms with E-state index in [0.717, 1.165) is 16.7 Å². The van der Waals surface area contributed by atoms with E-state index in [1.807, 2.05) is 30.3 Å². The summed E-state index contributed by atoms with van der Waals surface area (Å²) in [7, 11) is 0. The number of hydroxylamine groups is 1. The van der Waals surface area contributed by atoms with E-state index in [9.17, 15) is 10.0 Å². The number of carbonyl (C=O) groups excluding carboxylic acids is 1. The van der Waals surface area contributed by atoms with Crippen molar-refractivity contribution in [2.24, 2.45) is 5.73 Å². The Balaban J connectivity index is 2.10. The number of carbonyl (C=O) groups is 1. The third-order valence-electron chi connectivity index (χ3n) is 3.46. The van der Waals surface area contributed by atoms with Crippen LogP contribution in [0.5, 0.6) is 0 Å². The number of nitrogens with zero attached hydrogens (tertiary/aromatic N) is 1. The smallest absolute Gasteiger partial charge is 0.267 e. The van der Waals surface area contributed by atoms with Gasteiger partial charge in [0.25, 0.3) is 5.91 Å². The van der Waals surface area contributed by atoms with Gasteiger partial charge in [0.1, 0.15) is 0 Å². The van der Waals surface area contributed by atoms with Crippen molar-refractivity contribution in [2.45, 2.75) is 12.5 Å². The summed E-state index contributed by atoms with van der Waals surface area (Å²) in [4.78, 5) is 11.7. The molecule has 1 unspecified atom stereocenters. The van der Waals surface area contributed by atoms with Gasteiger partial charge in [-0.25, -0.2) is 0 Å². The van der Waals surface area contributed by atoms with Gasteiger partial charge >= 0.3 is 0 Å². The third kappa shape index (κ3) is 2.08. The molecule has 0 aliphatic carbocycles. The Bertz CT molecular complexity index is 687. The Kier molecular flexibility index (Phi) is 3.22. The summed E-state index contributed by atoms with van der Waals surface area (Å²) in [5.41, 5.74) is 8.69. The fourth-order valence-corrected chi connectivity index (χ4v) is 2.64. The first-order valence-electron chi connectivity index (χ1n) is 6.24. The van der Waals surface area contributed by atoms with Crippen LogP contribution >= 0.6 is 11.6 Å². The van der Waals surface area contributed by atoms with Crippen molar-refractivity contribution in [3.63, 3.8) is 0 Å². The van der Waals surface area contributed by atoms with Crippen molar-refractivity contribution in [3.05, 3.63) is 53.1 Å². The standard InChI is InChI=1S/C15H13ClN2O2/c16-12-4-2-1-3-11(12)9-5-6-10-7-13(17)15(19)18(20)14(10)8-9/h1-6,8,13,20H,7,17H2. The van der Waals surface area contributed by atoms with Crippen LogP contribution in [0.25, 0.3) is 11.1 Å². The highest BCUT2D eigenvalue weighted by Gasteiger charge is 2.29. The minimum absolute atomic E-state index is 0.425. The summed E-state index contributed by atoms with van der Waals surface area (Å²) < 4.78 is 0. The maximum Gasteiger partial charge on any atom is 0.267 e. The predicted octanol–water partition coefficient (Wildman–Crippen LogP) is 2.61. The quantitative estimate of drug-likeness (QED) is 0.793. The van der Waals surface area contributed by atoms with E-state index in [1.165, 1.54) is 0 Å². The molecule has 5 heteroatoms. The molecule has 1 heterocycles. The zero-order valence-corrected chi connectivity index (χ0v) is 11.3. The number of hydrogen-bond donors (Lipinski definition) is 2. The van der Waals surface area contributed by atoms with Gasteiger partial charge in [0.15, 0.2) is 0 Å². The molecule has 102 valence electrons. The molecule has 0 spiro atoms. The summed E-state index contributed by atoms with van der Waals surface area (Å²) >= 11 is 6.17. The first kappa shape index (κ1) is 13.1. The molecular formula is C15H13ClN2O2. The molecular weight excluding hydrogens is 276 g/mol. The maximum absolute atomic E-state index is 11.7. The van der Waals surface area contributed by atoms with Gasteiger partial charge in [-0.2, -0.15) is 5.06 Å².